The molecule has 1 N–H and O–H groups in total. The van der Waals surface area contributed by atoms with Gasteiger partial charge in [-0.05, 0) is 64.6 Å². The van der Waals surface area contributed by atoms with Gasteiger partial charge in [0.1, 0.15) is 0 Å². The topological polar surface area (TPSA) is 24.5 Å². The first kappa shape index (κ1) is 14.3. The van der Waals surface area contributed by atoms with E-state index in [1.165, 1.54) is 58.3 Å². The molecule has 0 bridgehead atoms. The van der Waals surface area contributed by atoms with Gasteiger partial charge in [0.2, 0.25) is 0 Å². The Morgan fingerprint density at radius 2 is 2.11 bits per heavy atom. The Labute approximate surface area is 112 Å². The molecule has 2 heterocycles. The summed E-state index contributed by atoms with van der Waals surface area (Å²) in [7, 11) is 0. The highest BCUT2D eigenvalue weighted by molar-refractivity contribution is 4.78. The summed E-state index contributed by atoms with van der Waals surface area (Å²) in [6, 6.07) is 0. The van der Waals surface area contributed by atoms with Crippen molar-refractivity contribution in [1.29, 1.82) is 0 Å². The maximum Gasteiger partial charge on any atom is 0.0706 e. The molecule has 3 unspecified atom stereocenters. The summed E-state index contributed by atoms with van der Waals surface area (Å²) in [6.07, 6.45) is 7.47. The molecule has 2 saturated heterocycles. The molecule has 2 aliphatic rings. The third kappa shape index (κ3) is 4.52. The zero-order valence-electron chi connectivity index (χ0n) is 12.2. The Balaban J connectivity index is 1.75. The number of rotatable bonds is 6. The minimum atomic E-state index is 0.481. The summed E-state index contributed by atoms with van der Waals surface area (Å²) in [5.41, 5.74) is 0. The Morgan fingerprint density at radius 3 is 2.72 bits per heavy atom. The SMILES string of the molecule is CCCN(CC1CCCNC1)CC1CCC(C)O1. The normalized spacial score (nSPS) is 33.2. The molecule has 3 heteroatoms. The van der Waals surface area contributed by atoms with Crippen molar-refractivity contribution < 1.29 is 4.74 Å². The number of ether oxygens (including phenoxy) is 1. The summed E-state index contributed by atoms with van der Waals surface area (Å²) < 4.78 is 5.97. The third-order valence-electron chi connectivity index (χ3n) is 4.24. The molecule has 2 aliphatic heterocycles. The Hall–Kier alpha value is -0.120. The highest BCUT2D eigenvalue weighted by atomic mass is 16.5. The molecule has 0 aromatic rings. The van der Waals surface area contributed by atoms with Gasteiger partial charge in [-0.25, -0.2) is 0 Å². The van der Waals surface area contributed by atoms with Gasteiger partial charge in [0, 0.05) is 13.1 Å². The number of hydrogen-bond donors (Lipinski definition) is 1. The Kier molecular flexibility index (Phi) is 5.93. The van der Waals surface area contributed by atoms with Crippen LogP contribution in [-0.2, 0) is 4.74 Å². The van der Waals surface area contributed by atoms with E-state index in [9.17, 15) is 0 Å². The maximum atomic E-state index is 5.97. The van der Waals surface area contributed by atoms with Gasteiger partial charge >= 0.3 is 0 Å². The van der Waals surface area contributed by atoms with Gasteiger partial charge in [-0.15, -0.1) is 0 Å². The van der Waals surface area contributed by atoms with E-state index in [4.69, 9.17) is 4.74 Å². The molecule has 0 aliphatic carbocycles. The highest BCUT2D eigenvalue weighted by Crippen LogP contribution is 2.21. The second-order valence-corrected chi connectivity index (χ2v) is 6.12. The molecule has 106 valence electrons. The van der Waals surface area contributed by atoms with Crippen molar-refractivity contribution >= 4 is 0 Å². The molecule has 3 atom stereocenters. The average Bonchev–Trinajstić information content (AvgIpc) is 2.76. The predicted octanol–water partition coefficient (Wildman–Crippen LogP) is 2.27. The lowest BCUT2D eigenvalue weighted by molar-refractivity contribution is 0.0273. The summed E-state index contributed by atoms with van der Waals surface area (Å²) in [5.74, 6) is 0.851. The first-order valence-corrected chi connectivity index (χ1v) is 7.86. The van der Waals surface area contributed by atoms with Gasteiger partial charge in [-0.1, -0.05) is 6.92 Å². The monoisotopic (exact) mass is 254 g/mol. The van der Waals surface area contributed by atoms with Crippen LogP contribution < -0.4 is 5.32 Å². The van der Waals surface area contributed by atoms with Crippen LogP contribution in [0.15, 0.2) is 0 Å². The van der Waals surface area contributed by atoms with E-state index in [0.29, 0.717) is 12.2 Å². The largest absolute Gasteiger partial charge is 0.374 e. The van der Waals surface area contributed by atoms with E-state index in [-0.39, 0.29) is 0 Å². The first-order valence-electron chi connectivity index (χ1n) is 7.86. The molecule has 0 radical (unpaired) electrons. The van der Waals surface area contributed by atoms with E-state index in [0.717, 1.165) is 12.5 Å². The number of hydrogen-bond acceptors (Lipinski definition) is 3. The van der Waals surface area contributed by atoms with Gasteiger partial charge in [0.15, 0.2) is 0 Å². The number of piperidine rings is 1. The fourth-order valence-electron chi connectivity index (χ4n) is 3.33. The minimum absolute atomic E-state index is 0.481. The molecule has 2 fully saturated rings. The van der Waals surface area contributed by atoms with E-state index in [2.05, 4.69) is 24.1 Å². The summed E-state index contributed by atoms with van der Waals surface area (Å²) in [6.45, 7) is 10.5. The predicted molar refractivity (Wildman–Crippen MR) is 75.9 cm³/mol. The van der Waals surface area contributed by atoms with Crippen molar-refractivity contribution in [3.05, 3.63) is 0 Å². The van der Waals surface area contributed by atoms with Crippen LogP contribution in [0.25, 0.3) is 0 Å². The van der Waals surface area contributed by atoms with Crippen LogP contribution in [0.4, 0.5) is 0 Å². The van der Waals surface area contributed by atoms with Gasteiger partial charge in [-0.3, -0.25) is 0 Å². The zero-order valence-corrected chi connectivity index (χ0v) is 12.2. The Bertz CT molecular complexity index is 222. The second kappa shape index (κ2) is 7.46. The number of nitrogens with zero attached hydrogens (tertiary/aromatic N) is 1. The molecule has 0 aromatic carbocycles. The minimum Gasteiger partial charge on any atom is -0.374 e. The van der Waals surface area contributed by atoms with Crippen LogP contribution in [0.2, 0.25) is 0 Å². The molecule has 0 aromatic heterocycles. The summed E-state index contributed by atoms with van der Waals surface area (Å²) in [5, 5.41) is 3.53. The fourth-order valence-corrected chi connectivity index (χ4v) is 3.33. The molecule has 2 rings (SSSR count). The molecule has 18 heavy (non-hydrogen) atoms. The lowest BCUT2D eigenvalue weighted by Crippen LogP contribution is -2.41. The quantitative estimate of drug-likeness (QED) is 0.787. The summed E-state index contributed by atoms with van der Waals surface area (Å²) >= 11 is 0. The van der Waals surface area contributed by atoms with E-state index in [1.54, 1.807) is 0 Å². The standard InChI is InChI=1S/C15H30N2O/c1-3-9-17(11-14-5-4-8-16-10-14)12-15-7-6-13(2)18-15/h13-16H,3-12H2,1-2H3. The van der Waals surface area contributed by atoms with Crippen molar-refractivity contribution in [3.8, 4) is 0 Å². The second-order valence-electron chi connectivity index (χ2n) is 6.12. The van der Waals surface area contributed by atoms with Crippen molar-refractivity contribution in [3.63, 3.8) is 0 Å². The number of nitrogens with one attached hydrogen (secondary N) is 1. The van der Waals surface area contributed by atoms with Crippen LogP contribution in [0.3, 0.4) is 0 Å². The maximum absolute atomic E-state index is 5.97. The van der Waals surface area contributed by atoms with Crippen LogP contribution >= 0.6 is 0 Å². The molecule has 0 spiro atoms. The lowest BCUT2D eigenvalue weighted by Gasteiger charge is -2.31. The molecule has 0 saturated carbocycles. The molecular formula is C15H30N2O. The van der Waals surface area contributed by atoms with Gasteiger partial charge in [-0.2, -0.15) is 0 Å². The third-order valence-corrected chi connectivity index (χ3v) is 4.24. The van der Waals surface area contributed by atoms with Crippen LogP contribution in [0.1, 0.15) is 46.0 Å². The zero-order chi connectivity index (χ0) is 12.8. The van der Waals surface area contributed by atoms with Crippen LogP contribution in [-0.4, -0.2) is 49.8 Å². The van der Waals surface area contributed by atoms with Crippen LogP contribution in [0.5, 0.6) is 0 Å². The van der Waals surface area contributed by atoms with Crippen LogP contribution in [0, 0.1) is 5.92 Å². The van der Waals surface area contributed by atoms with E-state index >= 15 is 0 Å². The van der Waals surface area contributed by atoms with Crippen molar-refractivity contribution in [2.24, 2.45) is 5.92 Å². The molecule has 3 nitrogen and oxygen atoms in total. The molecular weight excluding hydrogens is 224 g/mol. The smallest absolute Gasteiger partial charge is 0.0706 e. The van der Waals surface area contributed by atoms with Gasteiger partial charge in [0.25, 0.3) is 0 Å². The van der Waals surface area contributed by atoms with Crippen molar-refractivity contribution in [2.45, 2.75) is 58.2 Å². The lowest BCUT2D eigenvalue weighted by atomic mass is 9.99. The first-order chi connectivity index (χ1) is 8.78. The van der Waals surface area contributed by atoms with Gasteiger partial charge in [0.05, 0.1) is 12.2 Å². The van der Waals surface area contributed by atoms with Crippen molar-refractivity contribution in [1.82, 2.24) is 10.2 Å². The van der Waals surface area contributed by atoms with E-state index in [1.807, 2.05) is 0 Å². The van der Waals surface area contributed by atoms with E-state index < -0.39 is 0 Å². The molecule has 0 amide bonds. The Morgan fingerprint density at radius 1 is 1.22 bits per heavy atom. The van der Waals surface area contributed by atoms with Crippen molar-refractivity contribution in [2.75, 3.05) is 32.7 Å². The summed E-state index contributed by atoms with van der Waals surface area (Å²) in [4.78, 5) is 2.64. The van der Waals surface area contributed by atoms with Gasteiger partial charge < -0.3 is 15.0 Å². The fraction of sp³-hybridized carbons (Fsp3) is 1.00. The average molecular weight is 254 g/mol. The highest BCUT2D eigenvalue weighted by Gasteiger charge is 2.25.